The van der Waals surface area contributed by atoms with Gasteiger partial charge in [-0.15, -0.1) is 0 Å². The first kappa shape index (κ1) is 79.9. The summed E-state index contributed by atoms with van der Waals surface area (Å²) in [5.74, 6) is 6.29. The summed E-state index contributed by atoms with van der Waals surface area (Å²) in [6, 6.07) is 37.2. The van der Waals surface area contributed by atoms with Crippen molar-refractivity contribution in [3.8, 4) is 46.0 Å². The normalized spacial score (nSPS) is 13.7. The lowest BCUT2D eigenvalue weighted by atomic mass is 9.80. The number of hydrogen-bond donors (Lipinski definition) is 2. The smallest absolute Gasteiger partial charge is 0.145 e. The number of ether oxygens (including phenoxy) is 8. The van der Waals surface area contributed by atoms with Crippen LogP contribution < -0.4 is 48.5 Å². The lowest BCUT2D eigenvalue weighted by molar-refractivity contribution is 0.398. The predicted molar refractivity (Wildman–Crippen MR) is 437 cm³/mol. The lowest BCUT2D eigenvalue weighted by Gasteiger charge is -2.29. The zero-order chi connectivity index (χ0) is 77.1. The van der Waals surface area contributed by atoms with Crippen LogP contribution in [0.2, 0.25) is 0 Å². The van der Waals surface area contributed by atoms with Crippen LogP contribution in [0.25, 0.3) is 0 Å². The van der Waals surface area contributed by atoms with E-state index in [4.69, 9.17) is 37.9 Å². The summed E-state index contributed by atoms with van der Waals surface area (Å²) >= 11 is 0. The van der Waals surface area contributed by atoms with E-state index in [0.717, 1.165) is 158 Å². The molecular formula is C94H126N2O8. The third kappa shape index (κ3) is 17.3. The predicted octanol–water partition coefficient (Wildman–Crippen LogP) is 23.5. The monoisotopic (exact) mass is 1410 g/mol. The van der Waals surface area contributed by atoms with E-state index in [2.05, 4.69) is 274 Å². The van der Waals surface area contributed by atoms with Gasteiger partial charge in [-0.2, -0.15) is 0 Å². The Balaban J connectivity index is 1.42. The van der Waals surface area contributed by atoms with Gasteiger partial charge in [0.2, 0.25) is 0 Å². The molecule has 1 heterocycles. The van der Waals surface area contributed by atoms with Crippen molar-refractivity contribution in [3.05, 3.63) is 208 Å². The molecule has 10 heteroatoms. The Bertz CT molecular complexity index is 3450. The summed E-state index contributed by atoms with van der Waals surface area (Å²) in [5.41, 5.74) is 23.5. The van der Waals surface area contributed by atoms with E-state index in [-0.39, 0.29) is 43.3 Å². The van der Waals surface area contributed by atoms with Gasteiger partial charge >= 0.3 is 0 Å². The Morgan fingerprint density at radius 2 is 0.279 bits per heavy atom. The summed E-state index contributed by atoms with van der Waals surface area (Å²) in [4.78, 5) is 0. The van der Waals surface area contributed by atoms with Crippen molar-refractivity contribution in [2.24, 2.45) is 0 Å². The molecule has 9 rings (SSSR count). The van der Waals surface area contributed by atoms with Gasteiger partial charge in [0.1, 0.15) is 46.0 Å². The van der Waals surface area contributed by atoms with Gasteiger partial charge in [0.25, 0.3) is 0 Å². The largest absolute Gasteiger partial charge is 0.496 e. The van der Waals surface area contributed by atoms with Crippen LogP contribution in [0.4, 0.5) is 22.7 Å². The van der Waals surface area contributed by atoms with Crippen molar-refractivity contribution in [1.82, 2.24) is 0 Å². The molecule has 8 aromatic carbocycles. The highest BCUT2D eigenvalue weighted by atomic mass is 16.5. The number of anilines is 4. The minimum Gasteiger partial charge on any atom is -0.496 e. The van der Waals surface area contributed by atoms with Crippen LogP contribution in [0.5, 0.6) is 46.0 Å². The van der Waals surface area contributed by atoms with Crippen LogP contribution in [0.3, 0.4) is 0 Å². The van der Waals surface area contributed by atoms with Crippen molar-refractivity contribution in [2.45, 2.75) is 248 Å². The summed E-state index contributed by atoms with van der Waals surface area (Å²) < 4.78 is 53.9. The van der Waals surface area contributed by atoms with Gasteiger partial charge in [-0.3, -0.25) is 0 Å². The van der Waals surface area contributed by atoms with E-state index in [1.807, 2.05) is 28.4 Å². The number of nitrogens with one attached hydrogen (secondary N) is 2. The molecule has 16 bridgehead atoms. The molecule has 104 heavy (non-hydrogen) atoms. The molecule has 0 spiro atoms. The average Bonchev–Trinajstić information content (AvgIpc) is 0.773. The van der Waals surface area contributed by atoms with Crippen LogP contribution >= 0.6 is 0 Å². The summed E-state index contributed by atoms with van der Waals surface area (Å²) in [7, 11) is 14.4. The molecule has 2 N–H and O–H groups in total. The fraction of sp³-hybridized carbons (Fsp3) is 0.489. The maximum absolute atomic E-state index is 6.76. The first-order valence-electron chi connectivity index (χ1n) is 37.4. The van der Waals surface area contributed by atoms with E-state index in [0.29, 0.717) is 38.5 Å². The lowest BCUT2D eigenvalue weighted by Crippen LogP contribution is -2.16. The van der Waals surface area contributed by atoms with Crippen LogP contribution in [-0.4, -0.2) is 56.9 Å². The highest BCUT2D eigenvalue weighted by Crippen LogP contribution is 2.50. The van der Waals surface area contributed by atoms with E-state index < -0.39 is 0 Å². The molecule has 1 aliphatic rings. The molecule has 0 aliphatic carbocycles. The maximum atomic E-state index is 6.76. The first-order valence-corrected chi connectivity index (χ1v) is 37.4. The van der Waals surface area contributed by atoms with Crippen LogP contribution in [0, 0.1) is 0 Å². The SMILES string of the molecule is COc1c2cc(C(C)(C)C)cc1Cc1cc(C(C)(C)C)cc(c1OC)Nc1cc(C(C)(C)C)cc(c1OC)Cc1cc(C(C)(C)C)cc(c1OC)Cc1cc(C(C)(C)C)cc(c1OC)Cc1cc(C(C)(C)C)cc(c1OC)Nc1cc(C(C)(C)C)cc(c1OC)Cc1cc(C(C)(C)C)cc(c1OC)C2. The quantitative estimate of drug-likeness (QED) is 0.153. The molecule has 0 unspecified atom stereocenters. The summed E-state index contributed by atoms with van der Waals surface area (Å²) in [6.07, 6.45) is 3.15. The molecule has 0 fully saturated rings. The van der Waals surface area contributed by atoms with E-state index in [9.17, 15) is 0 Å². The molecular weight excluding hydrogens is 1290 g/mol. The van der Waals surface area contributed by atoms with Crippen molar-refractivity contribution >= 4 is 22.7 Å². The van der Waals surface area contributed by atoms with Crippen molar-refractivity contribution in [2.75, 3.05) is 67.5 Å². The van der Waals surface area contributed by atoms with Gasteiger partial charge in [-0.25, -0.2) is 0 Å². The second-order valence-electron chi connectivity index (χ2n) is 37.5. The number of hydrogen-bond acceptors (Lipinski definition) is 10. The Labute approximate surface area is 627 Å². The summed E-state index contributed by atoms with van der Waals surface area (Å²) in [5, 5.41) is 8.05. The van der Waals surface area contributed by atoms with Crippen LogP contribution in [0.15, 0.2) is 97.1 Å². The Morgan fingerprint density at radius 1 is 0.173 bits per heavy atom. The highest BCUT2D eigenvalue weighted by Gasteiger charge is 2.33. The number of rotatable bonds is 8. The number of fused-ring (bicyclic) bond motifs is 16. The minimum atomic E-state index is -0.248. The van der Waals surface area contributed by atoms with E-state index in [1.54, 1.807) is 28.4 Å². The first-order chi connectivity index (χ1) is 48.2. The Hall–Kier alpha value is -8.24. The molecule has 0 aromatic heterocycles. The van der Waals surface area contributed by atoms with Crippen LogP contribution in [-0.2, 0) is 81.8 Å². The number of methoxy groups -OCH3 is 8. The maximum Gasteiger partial charge on any atom is 0.145 e. The summed E-state index contributed by atoms with van der Waals surface area (Å²) in [6.45, 7) is 54.8. The third-order valence-electron chi connectivity index (χ3n) is 21.0. The fourth-order valence-corrected chi connectivity index (χ4v) is 14.7. The zero-order valence-corrected chi connectivity index (χ0v) is 69.7. The molecule has 0 amide bonds. The standard InChI is InChI=1S/C94H126N2O8/c1-87(2,3)67-39-55-33-56-40-68(88(4,5)6)44-60(80(56)98-26)36-64-48-72(92(16,17)18)53-77(84(64)102-30)96-78-54-74(94(22,23)24)50-66(86(78)104-32)38-62-46-70(90(10,11)12)42-58(82(62)100-28)34-57-41-69(89(7,8)9)45-61(81(57)99-27)37-65-49-73(93(19,20)21)52-76(85(65)103-31)95-75-51-71(91(13,14)15)47-63(83(75)101-29)35-59(43-67)79(55)97-25/h39-54,95-96H,33-38H2,1-32H3. The minimum absolute atomic E-state index is 0.223. The Kier molecular flexibility index (Phi) is 22.7. The van der Waals surface area contributed by atoms with E-state index >= 15 is 0 Å². The molecule has 0 saturated heterocycles. The number of benzene rings is 8. The van der Waals surface area contributed by atoms with Crippen LogP contribution in [0.1, 0.15) is 277 Å². The molecule has 0 atom stereocenters. The molecule has 8 aromatic rings. The molecule has 0 radical (unpaired) electrons. The molecule has 560 valence electrons. The van der Waals surface area contributed by atoms with Gasteiger partial charge in [0.05, 0.1) is 79.6 Å². The topological polar surface area (TPSA) is 97.9 Å². The van der Waals surface area contributed by atoms with Gasteiger partial charge in [-0.05, 0) is 157 Å². The van der Waals surface area contributed by atoms with Gasteiger partial charge in [-0.1, -0.05) is 239 Å². The van der Waals surface area contributed by atoms with Gasteiger partial charge < -0.3 is 48.5 Å². The van der Waals surface area contributed by atoms with Gasteiger partial charge in [0, 0.05) is 60.8 Å². The molecule has 1 aliphatic heterocycles. The second kappa shape index (κ2) is 29.6. The molecule has 10 nitrogen and oxygen atoms in total. The van der Waals surface area contributed by atoms with Gasteiger partial charge in [0.15, 0.2) is 0 Å². The third-order valence-corrected chi connectivity index (χ3v) is 21.0. The highest BCUT2D eigenvalue weighted by molar-refractivity contribution is 5.78. The zero-order valence-electron chi connectivity index (χ0n) is 69.7. The van der Waals surface area contributed by atoms with E-state index in [1.165, 1.54) is 22.3 Å². The average molecular weight is 1410 g/mol. The van der Waals surface area contributed by atoms with Crippen molar-refractivity contribution in [1.29, 1.82) is 0 Å². The van der Waals surface area contributed by atoms with Crippen molar-refractivity contribution < 1.29 is 37.9 Å². The van der Waals surface area contributed by atoms with Crippen molar-refractivity contribution in [3.63, 3.8) is 0 Å². The fourth-order valence-electron chi connectivity index (χ4n) is 14.7. The molecule has 0 saturated carbocycles. The Morgan fingerprint density at radius 3 is 0.385 bits per heavy atom. The second-order valence-corrected chi connectivity index (χ2v) is 37.5.